The average Bonchev–Trinajstić information content (AvgIpc) is 3.47. The van der Waals surface area contributed by atoms with E-state index < -0.39 is 7.60 Å². The first-order valence-electron chi connectivity index (χ1n) is 12.3. The van der Waals surface area contributed by atoms with E-state index >= 15 is 0 Å². The first-order valence-corrected chi connectivity index (χ1v) is 14.8. The number of hydrogen-bond donors (Lipinski definition) is 3. The number of aromatic nitrogens is 1. The van der Waals surface area contributed by atoms with Crippen molar-refractivity contribution in [3.8, 4) is 28.2 Å². The van der Waals surface area contributed by atoms with Crippen LogP contribution in [0.15, 0.2) is 52.9 Å². The summed E-state index contributed by atoms with van der Waals surface area (Å²) in [6.45, 7) is 6.17. The van der Waals surface area contributed by atoms with Crippen LogP contribution in [-0.2, 0) is 4.57 Å². The van der Waals surface area contributed by atoms with Crippen molar-refractivity contribution in [2.45, 2.75) is 58.6 Å². The van der Waals surface area contributed by atoms with Crippen LogP contribution in [0.4, 0.5) is 5.13 Å². The molecule has 0 aliphatic heterocycles. The fourth-order valence-corrected chi connectivity index (χ4v) is 6.35. The van der Waals surface area contributed by atoms with E-state index in [9.17, 15) is 14.4 Å². The molecule has 2 atom stereocenters. The number of nitrogens with zero attached hydrogens (tertiary/aromatic N) is 1. The van der Waals surface area contributed by atoms with Crippen LogP contribution in [-0.4, -0.2) is 26.9 Å². The minimum Gasteiger partial charge on any atom is -0.490 e. The lowest BCUT2D eigenvalue weighted by atomic mass is 9.86. The third kappa shape index (κ3) is 5.23. The molecule has 7 nitrogen and oxygen atoms in total. The van der Waals surface area contributed by atoms with Crippen molar-refractivity contribution >= 4 is 39.8 Å². The Kier molecular flexibility index (Phi) is 6.97. The molecule has 0 saturated heterocycles. The smallest absolute Gasteiger partial charge is 0.391 e. The molecule has 1 aliphatic carbocycles. The minimum atomic E-state index is -4.50. The number of hydrogen-bond acceptors (Lipinski definition) is 6. The summed E-state index contributed by atoms with van der Waals surface area (Å²) in [5.74, 6) is 1.56. The van der Waals surface area contributed by atoms with Crippen molar-refractivity contribution in [2.75, 3.05) is 5.32 Å². The van der Waals surface area contributed by atoms with Crippen molar-refractivity contribution in [3.63, 3.8) is 0 Å². The van der Waals surface area contributed by atoms with Crippen molar-refractivity contribution < 1.29 is 23.5 Å². The molecule has 5 rings (SSSR count). The highest BCUT2D eigenvalue weighted by molar-refractivity contribution is 7.59. The van der Waals surface area contributed by atoms with Crippen molar-refractivity contribution in [2.24, 2.45) is 5.92 Å². The number of nitrogens with one attached hydrogen (secondary N) is 1. The Morgan fingerprint density at radius 1 is 1.11 bits per heavy atom. The van der Waals surface area contributed by atoms with Crippen LogP contribution >= 0.6 is 18.9 Å². The van der Waals surface area contributed by atoms with Crippen molar-refractivity contribution in [3.05, 3.63) is 48.5 Å². The molecule has 0 amide bonds. The van der Waals surface area contributed by atoms with Crippen LogP contribution in [0, 0.1) is 5.92 Å². The maximum Gasteiger partial charge on any atom is 0.391 e. The quantitative estimate of drug-likeness (QED) is 0.227. The molecule has 0 spiro atoms. The number of rotatable bonds is 7. The van der Waals surface area contributed by atoms with Crippen molar-refractivity contribution in [1.29, 1.82) is 0 Å². The predicted molar refractivity (Wildman–Crippen MR) is 145 cm³/mol. The molecule has 4 aromatic rings. The summed E-state index contributed by atoms with van der Waals surface area (Å²) in [5.41, 5.74) is 3.19. The van der Waals surface area contributed by atoms with E-state index in [2.05, 4.69) is 18.3 Å². The SMILES string of the molecule is CC(C)Oc1ccc(-c2cccc3nc(N[C@H]4CCCC[C@@H]4C)sc23)cc1-c1ccc(P(=O)(O)O)o1. The van der Waals surface area contributed by atoms with E-state index in [0.29, 0.717) is 29.0 Å². The van der Waals surface area contributed by atoms with Gasteiger partial charge in [-0.3, -0.25) is 4.57 Å². The molecule has 1 aliphatic rings. The molecule has 2 heterocycles. The van der Waals surface area contributed by atoms with Gasteiger partial charge in [-0.25, -0.2) is 4.98 Å². The maximum absolute atomic E-state index is 11.7. The van der Waals surface area contributed by atoms with E-state index in [0.717, 1.165) is 26.5 Å². The van der Waals surface area contributed by atoms with Crippen LogP contribution in [0.5, 0.6) is 5.75 Å². The normalized spacial score (nSPS) is 18.6. The fraction of sp³-hybridized carbons (Fsp3) is 0.370. The third-order valence-electron chi connectivity index (χ3n) is 6.63. The Morgan fingerprint density at radius 2 is 1.92 bits per heavy atom. The number of ether oxygens (including phenoxy) is 1. The van der Waals surface area contributed by atoms with Crippen LogP contribution in [0.2, 0.25) is 0 Å². The zero-order chi connectivity index (χ0) is 25.4. The second-order valence-corrected chi connectivity index (χ2v) is 12.3. The largest absolute Gasteiger partial charge is 0.490 e. The Labute approximate surface area is 214 Å². The van der Waals surface area contributed by atoms with Gasteiger partial charge < -0.3 is 24.3 Å². The molecular formula is C27H31N2O5PS. The highest BCUT2D eigenvalue weighted by Crippen LogP contribution is 2.42. The second kappa shape index (κ2) is 10.0. The van der Waals surface area contributed by atoms with Crippen LogP contribution in [0.3, 0.4) is 0 Å². The zero-order valence-electron chi connectivity index (χ0n) is 20.6. The van der Waals surface area contributed by atoms with Crippen LogP contribution in [0.1, 0.15) is 46.5 Å². The van der Waals surface area contributed by atoms with Gasteiger partial charge >= 0.3 is 7.60 Å². The maximum atomic E-state index is 11.7. The zero-order valence-corrected chi connectivity index (χ0v) is 22.3. The highest BCUT2D eigenvalue weighted by atomic mass is 32.1. The molecule has 3 N–H and O–H groups in total. The Hall–Kier alpha value is -2.64. The minimum absolute atomic E-state index is 0.0773. The summed E-state index contributed by atoms with van der Waals surface area (Å²) >= 11 is 1.66. The summed E-state index contributed by atoms with van der Waals surface area (Å²) in [5, 5.41) is 4.62. The third-order valence-corrected chi connectivity index (χ3v) is 8.48. The molecule has 1 fully saturated rings. The van der Waals surface area contributed by atoms with E-state index in [4.69, 9.17) is 14.1 Å². The standard InChI is InChI=1S/C27H31N2O5PS/c1-16(2)33-23-12-11-18(15-20(23)24-13-14-25(34-24)35(30,31)32)19-8-6-10-22-26(19)36-27(29-22)28-21-9-5-4-7-17(21)3/h6,8,10-17,21H,4-5,7,9H2,1-3H3,(H,28,29)(H2,30,31,32)/t17-,21-/m0/s1. The molecule has 9 heteroatoms. The fourth-order valence-electron chi connectivity index (χ4n) is 4.80. The number of benzene rings is 2. The predicted octanol–water partition coefficient (Wildman–Crippen LogP) is 6.80. The molecule has 36 heavy (non-hydrogen) atoms. The lowest BCUT2D eigenvalue weighted by Gasteiger charge is -2.29. The van der Waals surface area contributed by atoms with Gasteiger partial charge in [0.1, 0.15) is 11.5 Å². The van der Waals surface area contributed by atoms with Gasteiger partial charge in [0.25, 0.3) is 0 Å². The molecule has 1 saturated carbocycles. The van der Waals surface area contributed by atoms with Gasteiger partial charge in [-0.1, -0.05) is 49.3 Å². The summed E-state index contributed by atoms with van der Waals surface area (Å²) in [7, 11) is -4.50. The number of fused-ring (bicyclic) bond motifs is 1. The first kappa shape index (κ1) is 25.0. The summed E-state index contributed by atoms with van der Waals surface area (Å²) in [6.07, 6.45) is 4.89. The van der Waals surface area contributed by atoms with Gasteiger partial charge in [-0.15, -0.1) is 0 Å². The average molecular weight is 527 g/mol. The lowest BCUT2D eigenvalue weighted by Crippen LogP contribution is -2.30. The van der Waals surface area contributed by atoms with Crippen LogP contribution < -0.4 is 15.6 Å². The summed E-state index contributed by atoms with van der Waals surface area (Å²) < 4.78 is 24.4. The van der Waals surface area contributed by atoms with E-state index in [1.165, 1.54) is 31.7 Å². The second-order valence-electron chi connectivity index (χ2n) is 9.74. The Balaban J connectivity index is 1.55. The topological polar surface area (TPSA) is 105 Å². The first-order chi connectivity index (χ1) is 17.2. The van der Waals surface area contributed by atoms with Gasteiger partial charge in [0.2, 0.25) is 5.50 Å². The Morgan fingerprint density at radius 3 is 2.64 bits per heavy atom. The molecule has 0 bridgehead atoms. The van der Waals surface area contributed by atoms with Gasteiger partial charge in [-0.05, 0) is 68.5 Å². The van der Waals surface area contributed by atoms with Gasteiger partial charge in [0.15, 0.2) is 5.13 Å². The highest BCUT2D eigenvalue weighted by Gasteiger charge is 2.25. The monoisotopic (exact) mass is 526 g/mol. The molecule has 0 unspecified atom stereocenters. The van der Waals surface area contributed by atoms with E-state index in [-0.39, 0.29) is 11.6 Å². The number of anilines is 1. The van der Waals surface area contributed by atoms with E-state index in [1.54, 1.807) is 17.4 Å². The van der Waals surface area contributed by atoms with E-state index in [1.807, 2.05) is 44.2 Å². The number of furan rings is 1. The number of thiazole rings is 1. The van der Waals surface area contributed by atoms with Gasteiger partial charge in [0, 0.05) is 11.6 Å². The molecule has 2 aromatic heterocycles. The summed E-state index contributed by atoms with van der Waals surface area (Å²) in [4.78, 5) is 23.9. The molecule has 0 radical (unpaired) electrons. The van der Waals surface area contributed by atoms with Crippen LogP contribution in [0.25, 0.3) is 32.7 Å². The summed E-state index contributed by atoms with van der Waals surface area (Å²) in [6, 6.07) is 15.3. The van der Waals surface area contributed by atoms with Crippen molar-refractivity contribution in [1.82, 2.24) is 4.98 Å². The lowest BCUT2D eigenvalue weighted by molar-refractivity contribution is 0.243. The molecule has 2 aromatic carbocycles. The molecule has 190 valence electrons. The van der Waals surface area contributed by atoms with Gasteiger partial charge in [0.05, 0.1) is 21.9 Å². The molecular weight excluding hydrogens is 495 g/mol. The van der Waals surface area contributed by atoms with Gasteiger partial charge in [-0.2, -0.15) is 0 Å². The Bertz CT molecular complexity index is 1420.